The first-order valence-electron chi connectivity index (χ1n) is 7.33. The van der Waals surface area contributed by atoms with Gasteiger partial charge < -0.3 is 0 Å². The summed E-state index contributed by atoms with van der Waals surface area (Å²) in [6, 6.07) is 1.08. The minimum absolute atomic E-state index is 0.0611. The van der Waals surface area contributed by atoms with Crippen molar-refractivity contribution in [3.63, 3.8) is 0 Å². The highest BCUT2D eigenvalue weighted by Crippen LogP contribution is 2.37. The van der Waals surface area contributed by atoms with Crippen molar-refractivity contribution in [1.29, 1.82) is 0 Å². The summed E-state index contributed by atoms with van der Waals surface area (Å²) in [5.74, 6) is 0. The van der Waals surface area contributed by atoms with Crippen LogP contribution in [0.1, 0.15) is 25.1 Å². The molecule has 3 heterocycles. The molecule has 0 saturated carbocycles. The number of hydrogen-bond donors (Lipinski definition) is 0. The highest BCUT2D eigenvalue weighted by Gasteiger charge is 2.35. The predicted octanol–water partition coefficient (Wildman–Crippen LogP) is 3.66. The molecule has 0 N–H and O–H groups in total. The van der Waals surface area contributed by atoms with E-state index in [9.17, 15) is 13.2 Å². The summed E-state index contributed by atoms with van der Waals surface area (Å²) in [6.07, 6.45) is -1.26. The van der Waals surface area contributed by atoms with Crippen LogP contribution >= 0.6 is 0 Å². The molecule has 122 valence electrons. The van der Waals surface area contributed by atoms with E-state index in [1.807, 2.05) is 13.8 Å². The topological polar surface area (TPSA) is 48.5 Å². The van der Waals surface area contributed by atoms with Gasteiger partial charge in [0, 0.05) is 24.8 Å². The number of aryl methyl sites for hydroxylation is 3. The molecule has 0 aliphatic rings. The van der Waals surface area contributed by atoms with Crippen LogP contribution in [-0.4, -0.2) is 24.5 Å². The van der Waals surface area contributed by atoms with Crippen LogP contribution in [0.15, 0.2) is 18.5 Å². The maximum Gasteiger partial charge on any atom is 0.417 e. The second-order valence-corrected chi connectivity index (χ2v) is 5.24. The van der Waals surface area contributed by atoms with Crippen LogP contribution in [0.25, 0.3) is 22.3 Å². The fraction of sp³-hybridized carbons (Fsp3) is 0.400. The van der Waals surface area contributed by atoms with E-state index in [0.29, 0.717) is 24.3 Å². The minimum atomic E-state index is -4.47. The van der Waals surface area contributed by atoms with E-state index in [1.54, 1.807) is 17.8 Å². The van der Waals surface area contributed by atoms with Gasteiger partial charge in [-0.3, -0.25) is 4.68 Å². The van der Waals surface area contributed by atoms with Gasteiger partial charge in [-0.2, -0.15) is 23.4 Å². The molecule has 8 heteroatoms. The highest BCUT2D eigenvalue weighted by atomic mass is 19.4. The van der Waals surface area contributed by atoms with Gasteiger partial charge in [-0.05, 0) is 26.8 Å². The fourth-order valence-electron chi connectivity index (χ4n) is 2.61. The Morgan fingerprint density at radius 2 is 1.91 bits per heavy atom. The Morgan fingerprint density at radius 3 is 2.48 bits per heavy atom. The molecule has 0 saturated heterocycles. The van der Waals surface area contributed by atoms with Crippen molar-refractivity contribution >= 4 is 11.0 Å². The summed E-state index contributed by atoms with van der Waals surface area (Å²) in [4.78, 5) is 4.41. The van der Waals surface area contributed by atoms with Gasteiger partial charge in [0.15, 0.2) is 5.65 Å². The lowest BCUT2D eigenvalue weighted by atomic mass is 10.1. The van der Waals surface area contributed by atoms with E-state index < -0.39 is 11.7 Å². The molecule has 0 amide bonds. The molecular weight excluding hydrogens is 307 g/mol. The summed E-state index contributed by atoms with van der Waals surface area (Å²) in [6.45, 7) is 6.39. The number of alkyl halides is 3. The zero-order valence-corrected chi connectivity index (χ0v) is 13.0. The summed E-state index contributed by atoms with van der Waals surface area (Å²) in [7, 11) is 0. The molecule has 0 bridgehead atoms. The van der Waals surface area contributed by atoms with Crippen LogP contribution in [0.3, 0.4) is 0 Å². The lowest BCUT2D eigenvalue weighted by Gasteiger charge is -2.10. The molecule has 0 unspecified atom stereocenters. The molecule has 5 nitrogen and oxygen atoms in total. The first-order valence-corrected chi connectivity index (χ1v) is 7.33. The molecule has 0 spiro atoms. The molecule has 0 atom stereocenters. The standard InChI is InChI=1S/C15H16F3N5/c1-4-22-8-10(7-19-22)12-6-11(15(16,17)18)13-9(3)21-23(5-2)14(13)20-12/h6-8H,4-5H2,1-3H3. The van der Waals surface area contributed by atoms with Crippen molar-refractivity contribution in [3.8, 4) is 11.3 Å². The monoisotopic (exact) mass is 323 g/mol. The molecular formula is C15H16F3N5. The van der Waals surface area contributed by atoms with Gasteiger partial charge in [-0.25, -0.2) is 9.67 Å². The Bertz CT molecular complexity index is 860. The fourth-order valence-corrected chi connectivity index (χ4v) is 2.61. The van der Waals surface area contributed by atoms with Gasteiger partial charge >= 0.3 is 6.18 Å². The number of rotatable bonds is 3. The van der Waals surface area contributed by atoms with Crippen molar-refractivity contribution < 1.29 is 13.2 Å². The van der Waals surface area contributed by atoms with Crippen molar-refractivity contribution in [2.45, 2.75) is 40.0 Å². The van der Waals surface area contributed by atoms with Crippen molar-refractivity contribution in [3.05, 3.63) is 29.7 Å². The first kappa shape index (κ1) is 15.5. The Kier molecular flexibility index (Phi) is 3.62. The number of hydrogen-bond acceptors (Lipinski definition) is 3. The van der Waals surface area contributed by atoms with Gasteiger partial charge in [0.2, 0.25) is 0 Å². The Labute approximate surface area is 130 Å². The zero-order chi connectivity index (χ0) is 16.8. The Balaban J connectivity index is 2.32. The van der Waals surface area contributed by atoms with Gasteiger partial charge in [0.25, 0.3) is 0 Å². The molecule has 3 rings (SSSR count). The molecule has 23 heavy (non-hydrogen) atoms. The quantitative estimate of drug-likeness (QED) is 0.739. The summed E-state index contributed by atoms with van der Waals surface area (Å²) < 4.78 is 43.6. The summed E-state index contributed by atoms with van der Waals surface area (Å²) in [5.41, 5.74) is 0.676. The van der Waals surface area contributed by atoms with Crippen molar-refractivity contribution in [2.24, 2.45) is 0 Å². The lowest BCUT2D eigenvalue weighted by Crippen LogP contribution is -2.08. The molecule has 0 radical (unpaired) electrons. The number of fused-ring (bicyclic) bond motifs is 1. The largest absolute Gasteiger partial charge is 0.417 e. The van der Waals surface area contributed by atoms with Crippen molar-refractivity contribution in [1.82, 2.24) is 24.5 Å². The third-order valence-corrected chi connectivity index (χ3v) is 3.74. The van der Waals surface area contributed by atoms with Gasteiger partial charge in [-0.1, -0.05) is 0 Å². The number of halogens is 3. The van der Waals surface area contributed by atoms with Crippen LogP contribution < -0.4 is 0 Å². The summed E-state index contributed by atoms with van der Waals surface area (Å²) >= 11 is 0. The normalized spacial score (nSPS) is 12.3. The smallest absolute Gasteiger partial charge is 0.272 e. The average molecular weight is 323 g/mol. The van der Waals surface area contributed by atoms with Crippen molar-refractivity contribution in [2.75, 3.05) is 0 Å². The molecule has 3 aromatic heterocycles. The van der Waals surface area contributed by atoms with Gasteiger partial charge in [0.1, 0.15) is 0 Å². The van der Waals surface area contributed by atoms with Gasteiger partial charge in [0.05, 0.1) is 28.5 Å². The molecule has 0 aliphatic heterocycles. The van der Waals surface area contributed by atoms with E-state index in [-0.39, 0.29) is 16.7 Å². The maximum absolute atomic E-state index is 13.5. The Hall–Kier alpha value is -2.38. The van der Waals surface area contributed by atoms with Crippen LogP contribution in [0.4, 0.5) is 13.2 Å². The Morgan fingerprint density at radius 1 is 1.17 bits per heavy atom. The van der Waals surface area contributed by atoms with E-state index in [0.717, 1.165) is 6.07 Å². The average Bonchev–Trinajstić information content (AvgIpc) is 3.10. The van der Waals surface area contributed by atoms with E-state index in [2.05, 4.69) is 15.2 Å². The third-order valence-electron chi connectivity index (χ3n) is 3.74. The number of aromatic nitrogens is 5. The highest BCUT2D eigenvalue weighted by molar-refractivity contribution is 5.85. The van der Waals surface area contributed by atoms with Gasteiger partial charge in [-0.15, -0.1) is 0 Å². The maximum atomic E-state index is 13.5. The third kappa shape index (κ3) is 2.58. The van der Waals surface area contributed by atoms with E-state index in [1.165, 1.54) is 10.9 Å². The first-order chi connectivity index (χ1) is 10.8. The zero-order valence-electron chi connectivity index (χ0n) is 13.0. The van der Waals surface area contributed by atoms with E-state index >= 15 is 0 Å². The van der Waals surface area contributed by atoms with Crippen LogP contribution in [0.5, 0.6) is 0 Å². The SMILES string of the molecule is CCn1cc(-c2cc(C(F)(F)F)c3c(C)nn(CC)c3n2)cn1. The minimum Gasteiger partial charge on any atom is -0.272 e. The molecule has 0 aliphatic carbocycles. The number of nitrogens with zero attached hydrogens (tertiary/aromatic N) is 5. The summed E-state index contributed by atoms with van der Waals surface area (Å²) in [5, 5.41) is 8.34. The lowest BCUT2D eigenvalue weighted by molar-refractivity contribution is -0.136. The van der Waals surface area contributed by atoms with Crippen LogP contribution in [0, 0.1) is 6.92 Å². The van der Waals surface area contributed by atoms with Crippen LogP contribution in [0.2, 0.25) is 0 Å². The second kappa shape index (κ2) is 5.36. The second-order valence-electron chi connectivity index (χ2n) is 5.24. The van der Waals surface area contributed by atoms with E-state index in [4.69, 9.17) is 0 Å². The molecule has 0 aromatic carbocycles. The van der Waals surface area contributed by atoms with Crippen LogP contribution in [-0.2, 0) is 19.3 Å². The number of pyridine rings is 1. The molecule has 3 aromatic rings. The molecule has 0 fully saturated rings. The predicted molar refractivity (Wildman–Crippen MR) is 79.8 cm³/mol.